The zero-order chi connectivity index (χ0) is 14.5. The number of fused-ring (bicyclic) bond motifs is 1. The zero-order valence-electron chi connectivity index (χ0n) is 10.5. The molecule has 0 bridgehead atoms. The van der Waals surface area contributed by atoms with Crippen molar-refractivity contribution in [2.75, 3.05) is 6.54 Å². The van der Waals surface area contributed by atoms with Crippen LogP contribution < -0.4 is 5.73 Å². The Morgan fingerprint density at radius 1 is 1.30 bits per heavy atom. The minimum Gasteiger partial charge on any atom is -0.297 e. The van der Waals surface area contributed by atoms with Crippen LogP contribution in [0.1, 0.15) is 12.0 Å². The number of nitrogens with zero attached hydrogens (tertiary/aromatic N) is 3. The summed E-state index contributed by atoms with van der Waals surface area (Å²) in [6, 6.07) is 7.20. The number of nitrogens with one attached hydrogen (secondary N) is 1. The highest BCUT2D eigenvalue weighted by atomic mass is 16.2. The number of amidine groups is 1. The van der Waals surface area contributed by atoms with Gasteiger partial charge in [0.1, 0.15) is 6.54 Å². The largest absolute Gasteiger partial charge is 0.297 e. The molecule has 1 radical (unpaired) electrons. The lowest BCUT2D eigenvalue weighted by Gasteiger charge is -2.10. The summed E-state index contributed by atoms with van der Waals surface area (Å²) >= 11 is 0. The average molecular weight is 271 g/mol. The number of carbonyl (C=O) groups is 3. The SMILES string of the molecule is [NH]C(=O)CC(=O)CN=NC1=Nc2ccccc2CC1=O. The number of benzene rings is 1. The van der Waals surface area contributed by atoms with Crippen molar-refractivity contribution in [1.29, 1.82) is 0 Å². The molecule has 7 nitrogen and oxygen atoms in total. The Bertz CT molecular complexity index is 634. The van der Waals surface area contributed by atoms with Crippen molar-refractivity contribution >= 4 is 29.0 Å². The maximum atomic E-state index is 11.8. The second-order valence-corrected chi connectivity index (χ2v) is 4.20. The summed E-state index contributed by atoms with van der Waals surface area (Å²) in [7, 11) is 0. The smallest absolute Gasteiger partial charge is 0.245 e. The van der Waals surface area contributed by atoms with Crippen LogP contribution in [-0.4, -0.2) is 29.9 Å². The summed E-state index contributed by atoms with van der Waals surface area (Å²) in [6.07, 6.45) is -0.296. The summed E-state index contributed by atoms with van der Waals surface area (Å²) in [5.74, 6) is -1.80. The number of hydrogen-bond donors (Lipinski definition) is 0. The summed E-state index contributed by atoms with van der Waals surface area (Å²) < 4.78 is 0. The molecule has 0 spiro atoms. The Balaban J connectivity index is 2.06. The molecule has 20 heavy (non-hydrogen) atoms. The maximum Gasteiger partial charge on any atom is 0.245 e. The summed E-state index contributed by atoms with van der Waals surface area (Å²) in [5.41, 5.74) is 8.13. The zero-order valence-corrected chi connectivity index (χ0v) is 10.5. The highest BCUT2D eigenvalue weighted by molar-refractivity contribution is 6.41. The van der Waals surface area contributed by atoms with Crippen molar-refractivity contribution in [1.82, 2.24) is 5.73 Å². The van der Waals surface area contributed by atoms with Gasteiger partial charge in [-0.1, -0.05) is 18.2 Å². The molecule has 7 heteroatoms. The van der Waals surface area contributed by atoms with E-state index in [2.05, 4.69) is 15.2 Å². The second-order valence-electron chi connectivity index (χ2n) is 4.20. The van der Waals surface area contributed by atoms with Crippen LogP contribution in [0.25, 0.3) is 0 Å². The maximum absolute atomic E-state index is 11.8. The Hall–Kier alpha value is -2.70. The van der Waals surface area contributed by atoms with Crippen LogP contribution >= 0.6 is 0 Å². The number of carbonyl (C=O) groups excluding carboxylic acids is 3. The standard InChI is InChI=1S/C13H11N4O3/c14-12(20)6-9(18)7-15-17-13-11(19)5-8-3-1-2-4-10(8)16-13/h1-4,14H,5-7H2. The van der Waals surface area contributed by atoms with E-state index >= 15 is 0 Å². The number of azo groups is 1. The highest BCUT2D eigenvalue weighted by Gasteiger charge is 2.19. The number of para-hydroxylation sites is 1. The molecule has 1 heterocycles. The molecule has 1 N–H and O–H groups in total. The fourth-order valence-electron chi connectivity index (χ4n) is 1.69. The van der Waals surface area contributed by atoms with Crippen LogP contribution in [0, 0.1) is 0 Å². The molecule has 1 aromatic carbocycles. The first kappa shape index (κ1) is 13.7. The minimum absolute atomic E-state index is 0.0475. The molecule has 0 saturated carbocycles. The van der Waals surface area contributed by atoms with Crippen LogP contribution in [0.5, 0.6) is 0 Å². The third kappa shape index (κ3) is 3.41. The summed E-state index contributed by atoms with van der Waals surface area (Å²) in [6.45, 7) is -0.335. The Morgan fingerprint density at radius 3 is 2.80 bits per heavy atom. The number of hydrogen-bond acceptors (Lipinski definition) is 6. The van der Waals surface area contributed by atoms with E-state index < -0.39 is 18.1 Å². The van der Waals surface area contributed by atoms with Crippen molar-refractivity contribution in [2.45, 2.75) is 12.8 Å². The molecule has 0 fully saturated rings. The molecule has 1 aliphatic rings. The molecule has 0 aliphatic carbocycles. The number of amides is 1. The van der Waals surface area contributed by atoms with Crippen molar-refractivity contribution in [2.24, 2.45) is 15.2 Å². The lowest BCUT2D eigenvalue weighted by Crippen LogP contribution is -2.18. The van der Waals surface area contributed by atoms with Gasteiger partial charge in [0.2, 0.25) is 17.5 Å². The van der Waals surface area contributed by atoms with Gasteiger partial charge in [-0.15, -0.1) is 5.11 Å². The first-order valence-corrected chi connectivity index (χ1v) is 5.89. The van der Waals surface area contributed by atoms with Gasteiger partial charge in [0.15, 0.2) is 5.78 Å². The number of Topliss-reactive ketones (excluding diaryl/α,β-unsaturated/α-hetero) is 2. The third-order valence-corrected chi connectivity index (χ3v) is 2.59. The van der Waals surface area contributed by atoms with E-state index in [4.69, 9.17) is 5.73 Å². The normalized spacial score (nSPS) is 14.0. The molecular weight excluding hydrogens is 260 g/mol. The molecule has 0 atom stereocenters. The molecule has 1 amide bonds. The number of ketones is 2. The Morgan fingerprint density at radius 2 is 2.05 bits per heavy atom. The van der Waals surface area contributed by atoms with Crippen LogP contribution in [-0.2, 0) is 20.8 Å². The topological polar surface area (TPSA) is 112 Å². The van der Waals surface area contributed by atoms with E-state index in [1.807, 2.05) is 12.1 Å². The van der Waals surface area contributed by atoms with Gasteiger partial charge < -0.3 is 0 Å². The highest BCUT2D eigenvalue weighted by Crippen LogP contribution is 2.24. The molecular formula is C13H11N4O3. The predicted octanol–water partition coefficient (Wildman–Crippen LogP) is 1.06. The van der Waals surface area contributed by atoms with Gasteiger partial charge in [-0.3, -0.25) is 20.1 Å². The average Bonchev–Trinajstić information content (AvgIpc) is 2.38. The first-order valence-electron chi connectivity index (χ1n) is 5.89. The molecule has 0 unspecified atom stereocenters. The molecule has 101 valence electrons. The minimum atomic E-state index is -0.967. The fraction of sp³-hybridized carbons (Fsp3) is 0.231. The second kappa shape index (κ2) is 5.96. The van der Waals surface area contributed by atoms with Crippen molar-refractivity contribution in [3.05, 3.63) is 29.8 Å². The summed E-state index contributed by atoms with van der Waals surface area (Å²) in [5, 5.41) is 7.20. The van der Waals surface area contributed by atoms with E-state index in [1.54, 1.807) is 12.1 Å². The van der Waals surface area contributed by atoms with Crippen LogP contribution in [0.15, 0.2) is 39.5 Å². The first-order chi connectivity index (χ1) is 9.56. The predicted molar refractivity (Wildman–Crippen MR) is 69.7 cm³/mol. The Kier molecular flexibility index (Phi) is 4.09. The summed E-state index contributed by atoms with van der Waals surface area (Å²) in [4.78, 5) is 37.4. The van der Waals surface area contributed by atoms with Gasteiger partial charge in [0.05, 0.1) is 12.1 Å². The molecule has 1 aliphatic heterocycles. The van der Waals surface area contributed by atoms with Crippen LogP contribution in [0.3, 0.4) is 0 Å². The van der Waals surface area contributed by atoms with Crippen molar-refractivity contribution in [3.63, 3.8) is 0 Å². The van der Waals surface area contributed by atoms with E-state index in [0.717, 1.165) is 5.56 Å². The number of rotatable bonds is 4. The van der Waals surface area contributed by atoms with Gasteiger partial charge in [0.25, 0.3) is 0 Å². The monoisotopic (exact) mass is 271 g/mol. The molecule has 0 saturated heterocycles. The fourth-order valence-corrected chi connectivity index (χ4v) is 1.69. The van der Waals surface area contributed by atoms with Gasteiger partial charge in [-0.05, 0) is 11.6 Å². The van der Waals surface area contributed by atoms with E-state index in [-0.39, 0.29) is 24.6 Å². The number of aliphatic imine (C=N–C) groups is 1. The van der Waals surface area contributed by atoms with Crippen molar-refractivity contribution < 1.29 is 14.4 Å². The van der Waals surface area contributed by atoms with Gasteiger partial charge in [-0.25, -0.2) is 4.99 Å². The molecule has 2 rings (SSSR count). The van der Waals surface area contributed by atoms with E-state index in [1.165, 1.54) is 0 Å². The van der Waals surface area contributed by atoms with Gasteiger partial charge in [0, 0.05) is 6.42 Å². The van der Waals surface area contributed by atoms with Gasteiger partial charge >= 0.3 is 0 Å². The third-order valence-electron chi connectivity index (χ3n) is 2.59. The van der Waals surface area contributed by atoms with E-state index in [9.17, 15) is 14.4 Å². The quantitative estimate of drug-likeness (QED) is 0.602. The Labute approximate surface area is 114 Å². The van der Waals surface area contributed by atoms with Crippen LogP contribution in [0.4, 0.5) is 5.69 Å². The van der Waals surface area contributed by atoms with Crippen LogP contribution in [0.2, 0.25) is 0 Å². The lowest BCUT2D eigenvalue weighted by molar-refractivity contribution is -0.126. The van der Waals surface area contributed by atoms with E-state index in [0.29, 0.717) is 5.69 Å². The lowest BCUT2D eigenvalue weighted by atomic mass is 10.0. The van der Waals surface area contributed by atoms with Gasteiger partial charge in [-0.2, -0.15) is 5.11 Å². The molecule has 0 aromatic heterocycles. The molecule has 1 aromatic rings. The van der Waals surface area contributed by atoms with Crippen molar-refractivity contribution in [3.8, 4) is 0 Å².